The Labute approximate surface area is 94.3 Å². The molecule has 0 aliphatic rings. The molecule has 0 fully saturated rings. The molecule has 0 amide bonds. The fourth-order valence-electron chi connectivity index (χ4n) is 1.01. The highest BCUT2D eigenvalue weighted by atomic mass is 13.8. The molecule has 0 saturated carbocycles. The molecule has 1 radical (unpaired) electrons. The third kappa shape index (κ3) is 6.56. The number of hydrogen-bond donors (Lipinski definition) is 0. The van der Waals surface area contributed by atoms with Crippen LogP contribution in [0, 0.1) is 0 Å². The van der Waals surface area contributed by atoms with Gasteiger partial charge >= 0.3 is 0 Å². The predicted molar refractivity (Wildman–Crippen MR) is 71.9 cm³/mol. The molecule has 77 valence electrons. The van der Waals surface area contributed by atoms with Crippen molar-refractivity contribution in [2.45, 2.75) is 13.8 Å². The van der Waals surface area contributed by atoms with Gasteiger partial charge in [-0.2, -0.15) is 0 Å². The molecule has 0 aromatic carbocycles. The first-order valence-corrected chi connectivity index (χ1v) is 5.04. The molecule has 0 nitrogen and oxygen atoms in total. The second kappa shape index (κ2) is 9.08. The summed E-state index contributed by atoms with van der Waals surface area (Å²) in [6, 6.07) is 0. The molecule has 1 heteroatoms. The Morgan fingerprint density at radius 3 is 1.53 bits per heavy atom. The van der Waals surface area contributed by atoms with Crippen LogP contribution in [0.1, 0.15) is 13.8 Å². The average Bonchev–Trinajstić information content (AvgIpc) is 2.28. The highest BCUT2D eigenvalue weighted by Gasteiger charge is 1.97. The molecular formula is C14H18B. The quantitative estimate of drug-likeness (QED) is 0.446. The minimum absolute atomic E-state index is 1.16. The summed E-state index contributed by atoms with van der Waals surface area (Å²) < 4.78 is 0. The third-order valence-corrected chi connectivity index (χ3v) is 1.85. The zero-order chi connectivity index (χ0) is 11.5. The maximum Gasteiger partial charge on any atom is 0.190 e. The molecule has 0 spiro atoms. The van der Waals surface area contributed by atoms with Gasteiger partial charge in [0.15, 0.2) is 7.28 Å². The summed E-state index contributed by atoms with van der Waals surface area (Å²) >= 11 is 0. The molecule has 0 aliphatic carbocycles. The van der Waals surface area contributed by atoms with E-state index in [4.69, 9.17) is 0 Å². The van der Waals surface area contributed by atoms with Gasteiger partial charge in [-0.3, -0.25) is 0 Å². The number of hydrogen-bond acceptors (Lipinski definition) is 0. The molecule has 0 heterocycles. The Morgan fingerprint density at radius 2 is 1.27 bits per heavy atom. The summed E-state index contributed by atoms with van der Waals surface area (Å²) in [7, 11) is 2.11. The lowest BCUT2D eigenvalue weighted by Gasteiger charge is -2.00. The van der Waals surface area contributed by atoms with E-state index < -0.39 is 0 Å². The van der Waals surface area contributed by atoms with Gasteiger partial charge in [-0.1, -0.05) is 72.7 Å². The highest BCUT2D eigenvalue weighted by Crippen LogP contribution is 2.04. The van der Waals surface area contributed by atoms with Crippen LogP contribution >= 0.6 is 0 Å². The average molecular weight is 197 g/mol. The van der Waals surface area contributed by atoms with E-state index >= 15 is 0 Å². The van der Waals surface area contributed by atoms with Crippen molar-refractivity contribution in [1.29, 1.82) is 0 Å². The van der Waals surface area contributed by atoms with E-state index in [0.29, 0.717) is 0 Å². The van der Waals surface area contributed by atoms with Crippen molar-refractivity contribution in [1.82, 2.24) is 0 Å². The lowest BCUT2D eigenvalue weighted by atomic mass is 9.62. The van der Waals surface area contributed by atoms with Crippen LogP contribution in [0.15, 0.2) is 72.7 Å². The van der Waals surface area contributed by atoms with E-state index in [9.17, 15) is 0 Å². The van der Waals surface area contributed by atoms with E-state index in [1.807, 2.05) is 38.2 Å². The van der Waals surface area contributed by atoms with Gasteiger partial charge in [-0.05, 0) is 13.8 Å². The van der Waals surface area contributed by atoms with E-state index in [2.05, 4.69) is 32.6 Å². The van der Waals surface area contributed by atoms with E-state index in [0.717, 1.165) is 10.9 Å². The van der Waals surface area contributed by atoms with Crippen molar-refractivity contribution in [2.75, 3.05) is 0 Å². The Morgan fingerprint density at radius 1 is 0.867 bits per heavy atom. The van der Waals surface area contributed by atoms with Crippen molar-refractivity contribution >= 4 is 7.28 Å². The Balaban J connectivity index is 4.52. The normalized spacial score (nSPS) is 13.5. The molecule has 0 rings (SSSR count). The fraction of sp³-hybridized carbons (Fsp3) is 0.143. The smallest absolute Gasteiger partial charge is 0.0991 e. The van der Waals surface area contributed by atoms with Crippen LogP contribution in [-0.2, 0) is 0 Å². The summed E-state index contributed by atoms with van der Waals surface area (Å²) in [6.45, 7) is 11.3. The number of rotatable bonds is 6. The largest absolute Gasteiger partial charge is 0.190 e. The van der Waals surface area contributed by atoms with Crippen molar-refractivity contribution in [3.05, 3.63) is 72.7 Å². The molecule has 15 heavy (non-hydrogen) atoms. The van der Waals surface area contributed by atoms with Crippen molar-refractivity contribution < 1.29 is 0 Å². The van der Waals surface area contributed by atoms with Crippen LogP contribution in [-0.4, -0.2) is 7.28 Å². The topological polar surface area (TPSA) is 0 Å². The standard InChI is InChI=1S/C14H18B/c1-5-9-11-13(7-3)15-14(8-4)12-10-6-2/h5-12H,1-2H2,3-4H3/b11-9-,12-10-,13-7+,14-8+. The monoisotopic (exact) mass is 197 g/mol. The molecule has 0 saturated heterocycles. The second-order valence-corrected chi connectivity index (χ2v) is 2.91. The highest BCUT2D eigenvalue weighted by molar-refractivity contribution is 6.55. The maximum atomic E-state index is 3.65. The molecule has 0 aliphatic heterocycles. The first-order chi connectivity index (χ1) is 7.28. The molecular weight excluding hydrogens is 179 g/mol. The van der Waals surface area contributed by atoms with Gasteiger partial charge in [0, 0.05) is 0 Å². The van der Waals surface area contributed by atoms with Gasteiger partial charge in [0.05, 0.1) is 0 Å². The van der Waals surface area contributed by atoms with E-state index in [-0.39, 0.29) is 0 Å². The fourth-order valence-corrected chi connectivity index (χ4v) is 1.01. The van der Waals surface area contributed by atoms with Crippen molar-refractivity contribution in [2.24, 2.45) is 0 Å². The van der Waals surface area contributed by atoms with E-state index in [1.165, 1.54) is 0 Å². The van der Waals surface area contributed by atoms with Crippen LogP contribution in [0.25, 0.3) is 0 Å². The van der Waals surface area contributed by atoms with Gasteiger partial charge < -0.3 is 0 Å². The number of allylic oxidation sites excluding steroid dienone is 10. The third-order valence-electron chi connectivity index (χ3n) is 1.85. The van der Waals surface area contributed by atoms with Crippen molar-refractivity contribution in [3.63, 3.8) is 0 Å². The first-order valence-electron chi connectivity index (χ1n) is 5.04. The summed E-state index contributed by atoms with van der Waals surface area (Å²) in [5.41, 5.74) is 2.33. The molecule has 0 N–H and O–H groups in total. The second-order valence-electron chi connectivity index (χ2n) is 2.91. The van der Waals surface area contributed by atoms with E-state index in [1.54, 1.807) is 12.2 Å². The van der Waals surface area contributed by atoms with Gasteiger partial charge in [0.2, 0.25) is 0 Å². The van der Waals surface area contributed by atoms with Gasteiger partial charge in [-0.25, -0.2) is 0 Å². The lowest BCUT2D eigenvalue weighted by molar-refractivity contribution is 1.64. The minimum atomic E-state index is 1.16. The predicted octanol–water partition coefficient (Wildman–Crippen LogP) is 3.98. The Hall–Kier alpha value is -1.50. The zero-order valence-corrected chi connectivity index (χ0v) is 9.61. The summed E-state index contributed by atoms with van der Waals surface area (Å²) in [5.74, 6) is 0. The van der Waals surface area contributed by atoms with Gasteiger partial charge in [0.1, 0.15) is 0 Å². The van der Waals surface area contributed by atoms with Crippen LogP contribution in [0.3, 0.4) is 0 Å². The zero-order valence-electron chi connectivity index (χ0n) is 9.61. The SMILES string of the molecule is C=C/C=C\C([B]C(/C=C\C=C)=C/C)=C/C. The molecule has 0 aromatic heterocycles. The van der Waals surface area contributed by atoms with Gasteiger partial charge in [-0.15, -0.1) is 0 Å². The molecule has 0 aromatic rings. The van der Waals surface area contributed by atoms with Crippen LogP contribution in [0.4, 0.5) is 0 Å². The Kier molecular flexibility index (Phi) is 8.17. The molecule has 0 unspecified atom stereocenters. The summed E-state index contributed by atoms with van der Waals surface area (Å²) in [6.07, 6.45) is 15.6. The minimum Gasteiger partial charge on any atom is -0.0991 e. The van der Waals surface area contributed by atoms with Crippen LogP contribution < -0.4 is 0 Å². The van der Waals surface area contributed by atoms with Gasteiger partial charge in [0.25, 0.3) is 0 Å². The van der Waals surface area contributed by atoms with Crippen LogP contribution in [0.5, 0.6) is 0 Å². The lowest BCUT2D eigenvalue weighted by Crippen LogP contribution is -1.96. The van der Waals surface area contributed by atoms with Crippen molar-refractivity contribution in [3.8, 4) is 0 Å². The summed E-state index contributed by atoms with van der Waals surface area (Å²) in [5, 5.41) is 0. The molecule has 0 bridgehead atoms. The van der Waals surface area contributed by atoms with Crippen LogP contribution in [0.2, 0.25) is 0 Å². The molecule has 0 atom stereocenters. The maximum absolute atomic E-state index is 3.65. The first kappa shape index (κ1) is 13.5. The Bertz CT molecular complexity index is 282. The summed E-state index contributed by atoms with van der Waals surface area (Å²) in [4.78, 5) is 0.